The molecule has 0 aromatic heterocycles. The Balaban J connectivity index is 2.28. The monoisotopic (exact) mass is 317 g/mol. The summed E-state index contributed by atoms with van der Waals surface area (Å²) in [5.41, 5.74) is -0.260. The second-order valence-electron chi connectivity index (χ2n) is 4.41. The lowest BCUT2D eigenvalue weighted by atomic mass is 10.2. The van der Waals surface area contributed by atoms with E-state index in [1.807, 2.05) is 6.92 Å². The van der Waals surface area contributed by atoms with Crippen LogP contribution in [0.2, 0.25) is 0 Å². The van der Waals surface area contributed by atoms with Gasteiger partial charge < -0.3 is 14.2 Å². The van der Waals surface area contributed by atoms with Gasteiger partial charge in [-0.25, -0.2) is 4.79 Å². The highest BCUT2D eigenvalue weighted by atomic mass is 16.6. The van der Waals surface area contributed by atoms with Crippen molar-refractivity contribution >= 4 is 11.7 Å². The van der Waals surface area contributed by atoms with Gasteiger partial charge in [-0.15, -0.1) is 0 Å². The molecule has 0 atom stereocenters. The van der Waals surface area contributed by atoms with Crippen LogP contribution >= 0.6 is 0 Å². The van der Waals surface area contributed by atoms with Crippen LogP contribution in [0.25, 0.3) is 0 Å². The number of carbonyl (C=O) groups excluding carboxylic acids is 1. The Labute approximate surface area is 132 Å². The zero-order valence-electron chi connectivity index (χ0n) is 12.6. The summed E-state index contributed by atoms with van der Waals surface area (Å²) in [6.07, 6.45) is 0. The lowest BCUT2D eigenvalue weighted by Gasteiger charge is -2.10. The minimum absolute atomic E-state index is 0.0452. The summed E-state index contributed by atoms with van der Waals surface area (Å²) in [5.74, 6) is 0.0216. The summed E-state index contributed by atoms with van der Waals surface area (Å²) in [4.78, 5) is 22.6. The van der Waals surface area contributed by atoms with E-state index < -0.39 is 10.9 Å². The van der Waals surface area contributed by atoms with Crippen LogP contribution in [-0.4, -0.2) is 24.6 Å². The van der Waals surface area contributed by atoms with E-state index in [0.717, 1.165) is 6.07 Å². The molecule has 0 heterocycles. The minimum atomic E-state index is -0.720. The van der Waals surface area contributed by atoms with Gasteiger partial charge in [-0.1, -0.05) is 12.1 Å². The number of nitrogens with zero attached hydrogens (tertiary/aromatic N) is 1. The molecule has 0 saturated carbocycles. The Morgan fingerprint density at radius 3 is 2.43 bits per heavy atom. The molecule has 7 nitrogen and oxygen atoms in total. The second kappa shape index (κ2) is 7.26. The van der Waals surface area contributed by atoms with E-state index >= 15 is 0 Å². The lowest BCUT2D eigenvalue weighted by Crippen LogP contribution is -2.10. The Morgan fingerprint density at radius 1 is 1.13 bits per heavy atom. The summed E-state index contributed by atoms with van der Waals surface area (Å²) < 4.78 is 15.5. The predicted molar refractivity (Wildman–Crippen MR) is 82.2 cm³/mol. The van der Waals surface area contributed by atoms with Crippen LogP contribution in [0, 0.1) is 10.1 Å². The summed E-state index contributed by atoms with van der Waals surface area (Å²) in [7, 11) is 1.32. The average Bonchev–Trinajstić information content (AvgIpc) is 2.56. The molecule has 0 N–H and O–H groups in total. The van der Waals surface area contributed by atoms with Crippen molar-refractivity contribution in [3.63, 3.8) is 0 Å². The van der Waals surface area contributed by atoms with Crippen LogP contribution in [0.4, 0.5) is 5.69 Å². The molecular formula is C16H15NO6. The van der Waals surface area contributed by atoms with Gasteiger partial charge in [0.1, 0.15) is 0 Å². The fourth-order valence-corrected chi connectivity index (χ4v) is 1.93. The first-order valence-electron chi connectivity index (χ1n) is 6.83. The molecule has 0 unspecified atom stereocenters. The van der Waals surface area contributed by atoms with Gasteiger partial charge in [0.25, 0.3) is 0 Å². The zero-order chi connectivity index (χ0) is 16.8. The van der Waals surface area contributed by atoms with E-state index in [1.165, 1.54) is 19.2 Å². The van der Waals surface area contributed by atoms with Gasteiger partial charge in [-0.2, -0.15) is 0 Å². The maximum atomic E-state index is 12.2. The predicted octanol–water partition coefficient (Wildman–Crippen LogP) is 3.22. The quantitative estimate of drug-likeness (QED) is 0.352. The third kappa shape index (κ3) is 3.76. The number of nitro groups is 1. The molecule has 0 radical (unpaired) electrons. The van der Waals surface area contributed by atoms with Crippen molar-refractivity contribution in [2.24, 2.45) is 0 Å². The average molecular weight is 317 g/mol. The number of methoxy groups -OCH3 is 1. The van der Waals surface area contributed by atoms with Gasteiger partial charge in [-0.3, -0.25) is 10.1 Å². The van der Waals surface area contributed by atoms with E-state index in [0.29, 0.717) is 12.4 Å². The number of esters is 1. The molecule has 0 amide bonds. The summed E-state index contributed by atoms with van der Waals surface area (Å²) >= 11 is 0. The molecule has 2 rings (SSSR count). The van der Waals surface area contributed by atoms with Crippen molar-refractivity contribution in [3.8, 4) is 17.2 Å². The van der Waals surface area contributed by atoms with Crippen LogP contribution in [0.1, 0.15) is 17.3 Å². The summed E-state index contributed by atoms with van der Waals surface area (Å²) in [6, 6.07) is 10.6. The molecule has 0 fully saturated rings. The topological polar surface area (TPSA) is 87.9 Å². The Hall–Kier alpha value is -3.09. The number of benzene rings is 2. The molecular weight excluding hydrogens is 302 g/mol. The summed E-state index contributed by atoms with van der Waals surface area (Å²) in [6.45, 7) is 2.23. The summed E-state index contributed by atoms with van der Waals surface area (Å²) in [5, 5.41) is 11.0. The first-order valence-corrected chi connectivity index (χ1v) is 6.83. The van der Waals surface area contributed by atoms with Gasteiger partial charge in [0.05, 0.1) is 24.2 Å². The van der Waals surface area contributed by atoms with E-state index in [4.69, 9.17) is 14.2 Å². The molecule has 0 aliphatic heterocycles. The number of hydrogen-bond acceptors (Lipinski definition) is 6. The second-order valence-corrected chi connectivity index (χ2v) is 4.41. The van der Waals surface area contributed by atoms with Gasteiger partial charge in [0.15, 0.2) is 17.2 Å². The van der Waals surface area contributed by atoms with Crippen molar-refractivity contribution in [1.82, 2.24) is 0 Å². The maximum absolute atomic E-state index is 12.2. The maximum Gasteiger partial charge on any atom is 0.343 e. The molecule has 2 aromatic rings. The van der Waals surface area contributed by atoms with E-state index in [9.17, 15) is 14.9 Å². The highest BCUT2D eigenvalue weighted by Gasteiger charge is 2.20. The van der Waals surface area contributed by atoms with Crippen LogP contribution in [0.5, 0.6) is 17.2 Å². The Kier molecular flexibility index (Phi) is 5.14. The highest BCUT2D eigenvalue weighted by Crippen LogP contribution is 2.30. The van der Waals surface area contributed by atoms with E-state index in [2.05, 4.69) is 0 Å². The number of hydrogen-bond donors (Lipinski definition) is 0. The van der Waals surface area contributed by atoms with E-state index in [-0.39, 0.29) is 22.7 Å². The SMILES string of the molecule is CCOc1ccccc1OC(=O)c1ccc(OC)c([N+](=O)[O-])c1. The molecule has 2 aromatic carbocycles. The third-order valence-corrected chi connectivity index (χ3v) is 2.96. The normalized spacial score (nSPS) is 10.0. The molecule has 0 spiro atoms. The molecule has 0 bridgehead atoms. The molecule has 0 aliphatic rings. The number of nitro benzene ring substituents is 1. The van der Waals surface area contributed by atoms with Crippen LogP contribution < -0.4 is 14.2 Å². The molecule has 7 heteroatoms. The van der Waals surface area contributed by atoms with Gasteiger partial charge in [0, 0.05) is 6.07 Å². The Bertz CT molecular complexity index is 728. The van der Waals surface area contributed by atoms with Crippen molar-refractivity contribution < 1.29 is 23.9 Å². The van der Waals surface area contributed by atoms with Crippen LogP contribution in [0.3, 0.4) is 0 Å². The van der Waals surface area contributed by atoms with Crippen LogP contribution in [-0.2, 0) is 0 Å². The van der Waals surface area contributed by atoms with Gasteiger partial charge >= 0.3 is 11.7 Å². The largest absolute Gasteiger partial charge is 0.490 e. The van der Waals surface area contributed by atoms with Crippen molar-refractivity contribution in [3.05, 3.63) is 58.1 Å². The lowest BCUT2D eigenvalue weighted by molar-refractivity contribution is -0.385. The van der Waals surface area contributed by atoms with Crippen molar-refractivity contribution in [1.29, 1.82) is 0 Å². The zero-order valence-corrected chi connectivity index (χ0v) is 12.6. The fraction of sp³-hybridized carbons (Fsp3) is 0.188. The number of para-hydroxylation sites is 2. The van der Waals surface area contributed by atoms with Crippen LogP contribution in [0.15, 0.2) is 42.5 Å². The number of ether oxygens (including phenoxy) is 3. The number of rotatable bonds is 6. The van der Waals surface area contributed by atoms with Crippen molar-refractivity contribution in [2.45, 2.75) is 6.92 Å². The van der Waals surface area contributed by atoms with Gasteiger partial charge in [-0.05, 0) is 31.2 Å². The minimum Gasteiger partial charge on any atom is -0.490 e. The molecule has 120 valence electrons. The molecule has 0 saturated heterocycles. The third-order valence-electron chi connectivity index (χ3n) is 2.96. The smallest absolute Gasteiger partial charge is 0.343 e. The fourth-order valence-electron chi connectivity index (χ4n) is 1.93. The molecule has 0 aliphatic carbocycles. The van der Waals surface area contributed by atoms with Gasteiger partial charge in [0.2, 0.25) is 0 Å². The first-order chi connectivity index (χ1) is 11.1. The van der Waals surface area contributed by atoms with Crippen molar-refractivity contribution in [2.75, 3.05) is 13.7 Å². The molecule has 23 heavy (non-hydrogen) atoms. The first kappa shape index (κ1) is 16.3. The number of carbonyl (C=O) groups is 1. The standard InChI is InChI=1S/C16H15NO6/c1-3-22-14-6-4-5-7-15(14)23-16(18)11-8-9-13(21-2)12(10-11)17(19)20/h4-10H,3H2,1-2H3. The Morgan fingerprint density at radius 2 is 1.83 bits per heavy atom. The van der Waals surface area contributed by atoms with E-state index in [1.54, 1.807) is 24.3 Å². The highest BCUT2D eigenvalue weighted by molar-refractivity contribution is 5.92.